The van der Waals surface area contributed by atoms with Gasteiger partial charge in [-0.05, 0) is 43.0 Å². The summed E-state index contributed by atoms with van der Waals surface area (Å²) >= 11 is 0. The van der Waals surface area contributed by atoms with E-state index in [-0.39, 0.29) is 0 Å². The molecule has 0 spiro atoms. The van der Waals surface area contributed by atoms with Crippen molar-refractivity contribution < 1.29 is 0 Å². The third-order valence-electron chi connectivity index (χ3n) is 2.28. The number of anilines is 1. The lowest BCUT2D eigenvalue weighted by Gasteiger charge is -2.12. The van der Waals surface area contributed by atoms with Gasteiger partial charge in [-0.15, -0.1) is 0 Å². The predicted octanol–water partition coefficient (Wildman–Crippen LogP) is 1.11. The quantitative estimate of drug-likeness (QED) is 0.730. The average molecular weight is 179 g/mol. The molecule has 1 atom stereocenters. The minimum atomic E-state index is 0.463. The number of nitrogen functional groups attached to an aromatic ring is 1. The highest BCUT2D eigenvalue weighted by molar-refractivity contribution is 5.43. The van der Waals surface area contributed by atoms with Gasteiger partial charge < -0.3 is 11.5 Å². The monoisotopic (exact) mass is 179 g/mol. The van der Waals surface area contributed by atoms with Crippen LogP contribution in [-0.4, -0.2) is 11.5 Å². The highest BCUT2D eigenvalue weighted by Crippen LogP contribution is 2.17. The number of hydrogen-bond acceptors (Lipinski definition) is 3. The Morgan fingerprint density at radius 1 is 1.54 bits per heavy atom. The lowest BCUT2D eigenvalue weighted by atomic mass is 9.98. The van der Waals surface area contributed by atoms with E-state index < -0.39 is 0 Å². The van der Waals surface area contributed by atoms with Gasteiger partial charge in [0.25, 0.3) is 0 Å². The van der Waals surface area contributed by atoms with Crippen LogP contribution in [0.5, 0.6) is 0 Å². The first-order chi connectivity index (χ1) is 6.15. The Kier molecular flexibility index (Phi) is 3.25. The van der Waals surface area contributed by atoms with Gasteiger partial charge in [-0.25, -0.2) is 4.98 Å². The SMILES string of the molecule is Cc1ccnc(N)c1CC(C)CN. The van der Waals surface area contributed by atoms with Crippen LogP contribution >= 0.6 is 0 Å². The molecule has 13 heavy (non-hydrogen) atoms. The predicted molar refractivity (Wildman–Crippen MR) is 55.3 cm³/mol. The second-order valence-corrected chi connectivity index (χ2v) is 3.54. The molecule has 0 saturated carbocycles. The summed E-state index contributed by atoms with van der Waals surface area (Å²) in [6.45, 7) is 4.86. The topological polar surface area (TPSA) is 64.9 Å². The molecule has 4 N–H and O–H groups in total. The molecule has 0 fully saturated rings. The van der Waals surface area contributed by atoms with Crippen molar-refractivity contribution in [1.82, 2.24) is 4.98 Å². The molecule has 1 aromatic rings. The Morgan fingerprint density at radius 3 is 2.77 bits per heavy atom. The first kappa shape index (κ1) is 9.99. The second kappa shape index (κ2) is 4.23. The first-order valence-electron chi connectivity index (χ1n) is 4.55. The van der Waals surface area contributed by atoms with Crippen molar-refractivity contribution >= 4 is 5.82 Å². The summed E-state index contributed by atoms with van der Waals surface area (Å²) in [5.41, 5.74) is 13.7. The molecule has 0 aliphatic carbocycles. The summed E-state index contributed by atoms with van der Waals surface area (Å²) in [7, 11) is 0. The van der Waals surface area contributed by atoms with E-state index >= 15 is 0 Å². The Balaban J connectivity index is 2.87. The highest BCUT2D eigenvalue weighted by Gasteiger charge is 2.07. The summed E-state index contributed by atoms with van der Waals surface area (Å²) in [6, 6.07) is 1.98. The molecule has 3 heteroatoms. The summed E-state index contributed by atoms with van der Waals surface area (Å²) < 4.78 is 0. The van der Waals surface area contributed by atoms with E-state index in [1.165, 1.54) is 5.56 Å². The number of hydrogen-bond donors (Lipinski definition) is 2. The minimum absolute atomic E-state index is 0.463. The van der Waals surface area contributed by atoms with Crippen LogP contribution in [0.15, 0.2) is 12.3 Å². The van der Waals surface area contributed by atoms with Gasteiger partial charge in [-0.3, -0.25) is 0 Å². The normalized spacial score (nSPS) is 12.8. The van der Waals surface area contributed by atoms with Crippen LogP contribution < -0.4 is 11.5 Å². The maximum Gasteiger partial charge on any atom is 0.126 e. The molecule has 1 rings (SSSR count). The third-order valence-corrected chi connectivity index (χ3v) is 2.28. The van der Waals surface area contributed by atoms with E-state index in [1.54, 1.807) is 6.20 Å². The van der Waals surface area contributed by atoms with Crippen LogP contribution in [0.2, 0.25) is 0 Å². The molecular weight excluding hydrogens is 162 g/mol. The van der Waals surface area contributed by atoms with E-state index in [2.05, 4.69) is 18.8 Å². The molecule has 0 aliphatic heterocycles. The highest BCUT2D eigenvalue weighted by atomic mass is 14.8. The van der Waals surface area contributed by atoms with E-state index in [0.29, 0.717) is 18.3 Å². The molecule has 0 aromatic carbocycles. The number of aryl methyl sites for hydroxylation is 1. The molecular formula is C10H17N3. The fraction of sp³-hybridized carbons (Fsp3) is 0.500. The van der Waals surface area contributed by atoms with Crippen LogP contribution in [-0.2, 0) is 6.42 Å². The van der Waals surface area contributed by atoms with Crippen molar-refractivity contribution in [2.45, 2.75) is 20.3 Å². The van der Waals surface area contributed by atoms with Gasteiger partial charge in [-0.1, -0.05) is 6.92 Å². The van der Waals surface area contributed by atoms with Crippen molar-refractivity contribution in [2.75, 3.05) is 12.3 Å². The number of aromatic nitrogens is 1. The van der Waals surface area contributed by atoms with E-state index in [4.69, 9.17) is 11.5 Å². The number of nitrogens with two attached hydrogens (primary N) is 2. The molecule has 0 bridgehead atoms. The molecule has 3 nitrogen and oxygen atoms in total. The Morgan fingerprint density at radius 2 is 2.23 bits per heavy atom. The second-order valence-electron chi connectivity index (χ2n) is 3.54. The third kappa shape index (κ3) is 2.42. The Hall–Kier alpha value is -1.09. The van der Waals surface area contributed by atoms with Crippen molar-refractivity contribution in [1.29, 1.82) is 0 Å². The van der Waals surface area contributed by atoms with E-state index in [1.807, 2.05) is 6.07 Å². The van der Waals surface area contributed by atoms with Crippen LogP contribution in [0.1, 0.15) is 18.1 Å². The van der Waals surface area contributed by atoms with Gasteiger partial charge in [0.1, 0.15) is 5.82 Å². The van der Waals surface area contributed by atoms with Crippen molar-refractivity contribution in [3.05, 3.63) is 23.4 Å². The molecule has 0 aliphatic rings. The van der Waals surface area contributed by atoms with Gasteiger partial charge in [0.2, 0.25) is 0 Å². The molecule has 0 saturated heterocycles. The fourth-order valence-corrected chi connectivity index (χ4v) is 1.31. The number of pyridine rings is 1. The van der Waals surface area contributed by atoms with E-state index in [9.17, 15) is 0 Å². The largest absolute Gasteiger partial charge is 0.383 e. The van der Waals surface area contributed by atoms with Crippen LogP contribution in [0.4, 0.5) is 5.82 Å². The molecule has 72 valence electrons. The van der Waals surface area contributed by atoms with Crippen LogP contribution in [0.25, 0.3) is 0 Å². The van der Waals surface area contributed by atoms with Crippen molar-refractivity contribution in [3.8, 4) is 0 Å². The summed E-state index contributed by atoms with van der Waals surface area (Å²) in [4.78, 5) is 4.06. The van der Waals surface area contributed by atoms with Gasteiger partial charge >= 0.3 is 0 Å². The Bertz CT molecular complexity index is 263. The van der Waals surface area contributed by atoms with Gasteiger partial charge in [0.05, 0.1) is 0 Å². The zero-order valence-corrected chi connectivity index (χ0v) is 8.25. The number of nitrogens with zero attached hydrogens (tertiary/aromatic N) is 1. The summed E-state index contributed by atoms with van der Waals surface area (Å²) in [5, 5.41) is 0. The van der Waals surface area contributed by atoms with Crippen LogP contribution in [0, 0.1) is 12.8 Å². The molecule has 0 radical (unpaired) electrons. The Labute approximate surface area is 79.2 Å². The zero-order chi connectivity index (χ0) is 9.84. The van der Waals surface area contributed by atoms with E-state index in [0.717, 1.165) is 12.0 Å². The zero-order valence-electron chi connectivity index (χ0n) is 8.25. The van der Waals surface area contributed by atoms with Gasteiger partial charge in [0.15, 0.2) is 0 Å². The van der Waals surface area contributed by atoms with Gasteiger partial charge in [0, 0.05) is 6.20 Å². The smallest absolute Gasteiger partial charge is 0.126 e. The lowest BCUT2D eigenvalue weighted by Crippen LogP contribution is -2.15. The molecule has 1 unspecified atom stereocenters. The van der Waals surface area contributed by atoms with Crippen molar-refractivity contribution in [2.24, 2.45) is 11.7 Å². The molecule has 1 heterocycles. The van der Waals surface area contributed by atoms with Gasteiger partial charge in [-0.2, -0.15) is 0 Å². The standard InChI is InChI=1S/C10H17N3/c1-7(6-11)5-9-8(2)3-4-13-10(9)12/h3-4,7H,5-6,11H2,1-2H3,(H2,12,13). The fourth-order valence-electron chi connectivity index (χ4n) is 1.31. The molecule has 0 amide bonds. The molecule has 1 aromatic heterocycles. The summed E-state index contributed by atoms with van der Waals surface area (Å²) in [5.74, 6) is 1.10. The average Bonchev–Trinajstić information content (AvgIpc) is 2.11. The van der Waals surface area contributed by atoms with Crippen molar-refractivity contribution in [3.63, 3.8) is 0 Å². The lowest BCUT2D eigenvalue weighted by molar-refractivity contribution is 0.591. The number of rotatable bonds is 3. The van der Waals surface area contributed by atoms with Crippen LogP contribution in [0.3, 0.4) is 0 Å². The summed E-state index contributed by atoms with van der Waals surface area (Å²) in [6.07, 6.45) is 2.66. The maximum absolute atomic E-state index is 5.77. The minimum Gasteiger partial charge on any atom is -0.383 e. The maximum atomic E-state index is 5.77. The first-order valence-corrected chi connectivity index (χ1v) is 4.55.